The Balaban J connectivity index is 2.03. The molecule has 2 nitrogen and oxygen atoms in total. The number of rotatable bonds is 5. The van der Waals surface area contributed by atoms with Gasteiger partial charge in [0.2, 0.25) is 0 Å². The van der Waals surface area contributed by atoms with E-state index in [-0.39, 0.29) is 0 Å². The largest absolute Gasteiger partial charge is 0.329 e. The van der Waals surface area contributed by atoms with E-state index in [2.05, 4.69) is 17.0 Å². The van der Waals surface area contributed by atoms with Crippen LogP contribution < -0.4 is 5.73 Å². The number of nitrogens with zero attached hydrogens (tertiary/aromatic N) is 1. The lowest BCUT2D eigenvalue weighted by Crippen LogP contribution is -2.39. The van der Waals surface area contributed by atoms with E-state index in [1.807, 2.05) is 12.1 Å². The van der Waals surface area contributed by atoms with Crippen molar-refractivity contribution < 1.29 is 0 Å². The Morgan fingerprint density at radius 1 is 1.17 bits per heavy atom. The number of halogens is 1. The van der Waals surface area contributed by atoms with Crippen molar-refractivity contribution in [1.82, 2.24) is 4.90 Å². The van der Waals surface area contributed by atoms with Gasteiger partial charge in [0.15, 0.2) is 0 Å². The monoisotopic (exact) mass is 266 g/mol. The lowest BCUT2D eigenvalue weighted by atomic mass is 9.94. The third-order valence-corrected chi connectivity index (χ3v) is 4.21. The standard InChI is InChI=1S/C15H23ClN2/c16-15-9-5-4-6-13(15)12-18(11-10-17)14-7-2-1-3-8-14/h4-6,9,14H,1-3,7-8,10-12,17H2. The van der Waals surface area contributed by atoms with Gasteiger partial charge in [0.25, 0.3) is 0 Å². The van der Waals surface area contributed by atoms with Gasteiger partial charge in [-0.05, 0) is 24.5 Å². The van der Waals surface area contributed by atoms with E-state index < -0.39 is 0 Å². The van der Waals surface area contributed by atoms with Gasteiger partial charge in [-0.3, -0.25) is 4.90 Å². The van der Waals surface area contributed by atoms with Crippen LogP contribution in [0.5, 0.6) is 0 Å². The molecule has 0 unspecified atom stereocenters. The van der Waals surface area contributed by atoms with E-state index >= 15 is 0 Å². The van der Waals surface area contributed by atoms with Gasteiger partial charge in [0.1, 0.15) is 0 Å². The van der Waals surface area contributed by atoms with Crippen molar-refractivity contribution in [2.45, 2.75) is 44.7 Å². The summed E-state index contributed by atoms with van der Waals surface area (Å²) < 4.78 is 0. The molecule has 1 aliphatic rings. The van der Waals surface area contributed by atoms with Crippen LogP contribution in [0.4, 0.5) is 0 Å². The molecule has 1 aromatic rings. The first-order valence-corrected chi connectivity index (χ1v) is 7.36. The fourth-order valence-electron chi connectivity index (χ4n) is 2.85. The Morgan fingerprint density at radius 3 is 2.56 bits per heavy atom. The first-order valence-electron chi connectivity index (χ1n) is 6.99. The molecule has 0 spiro atoms. The van der Waals surface area contributed by atoms with Crippen LogP contribution >= 0.6 is 11.6 Å². The van der Waals surface area contributed by atoms with Crippen LogP contribution in [0.3, 0.4) is 0 Å². The minimum atomic E-state index is 0.693. The molecule has 2 N–H and O–H groups in total. The second-order valence-electron chi connectivity index (χ2n) is 5.14. The summed E-state index contributed by atoms with van der Waals surface area (Å²) in [7, 11) is 0. The minimum absolute atomic E-state index is 0.693. The molecule has 1 aliphatic carbocycles. The Morgan fingerprint density at radius 2 is 1.89 bits per heavy atom. The van der Waals surface area contributed by atoms with Crippen molar-refractivity contribution in [1.29, 1.82) is 0 Å². The summed E-state index contributed by atoms with van der Waals surface area (Å²) in [5, 5.41) is 0.871. The molecule has 1 fully saturated rings. The zero-order valence-electron chi connectivity index (χ0n) is 10.9. The average Bonchev–Trinajstić information content (AvgIpc) is 2.42. The second-order valence-corrected chi connectivity index (χ2v) is 5.55. The Bertz CT molecular complexity index is 361. The maximum absolute atomic E-state index is 6.25. The summed E-state index contributed by atoms with van der Waals surface area (Å²) in [5.74, 6) is 0. The van der Waals surface area contributed by atoms with Crippen LogP contribution in [-0.4, -0.2) is 24.0 Å². The molecule has 0 saturated heterocycles. The third-order valence-electron chi connectivity index (χ3n) is 3.84. The lowest BCUT2D eigenvalue weighted by molar-refractivity contribution is 0.152. The molecule has 3 heteroatoms. The van der Waals surface area contributed by atoms with E-state index in [0.29, 0.717) is 6.04 Å². The van der Waals surface area contributed by atoms with Gasteiger partial charge in [-0.25, -0.2) is 0 Å². The van der Waals surface area contributed by atoms with Crippen LogP contribution in [0, 0.1) is 0 Å². The van der Waals surface area contributed by atoms with Crippen molar-refractivity contribution in [2.24, 2.45) is 5.73 Å². The summed E-state index contributed by atoms with van der Waals surface area (Å²) in [6.45, 7) is 2.62. The number of benzene rings is 1. The lowest BCUT2D eigenvalue weighted by Gasteiger charge is -2.34. The molecule has 18 heavy (non-hydrogen) atoms. The fraction of sp³-hybridized carbons (Fsp3) is 0.600. The highest BCUT2D eigenvalue weighted by atomic mass is 35.5. The summed E-state index contributed by atoms with van der Waals surface area (Å²) >= 11 is 6.25. The summed E-state index contributed by atoms with van der Waals surface area (Å²) in [6, 6.07) is 8.83. The van der Waals surface area contributed by atoms with E-state index in [0.717, 1.165) is 24.7 Å². The molecule has 2 rings (SSSR count). The molecule has 100 valence electrons. The topological polar surface area (TPSA) is 29.3 Å². The molecule has 0 aromatic heterocycles. The van der Waals surface area contributed by atoms with Crippen molar-refractivity contribution in [3.63, 3.8) is 0 Å². The van der Waals surface area contributed by atoms with Gasteiger partial charge in [0, 0.05) is 30.7 Å². The highest BCUT2D eigenvalue weighted by Crippen LogP contribution is 2.25. The molecule has 0 heterocycles. The third kappa shape index (κ3) is 3.71. The first kappa shape index (κ1) is 13.9. The predicted molar refractivity (Wildman–Crippen MR) is 77.8 cm³/mol. The molecule has 0 aliphatic heterocycles. The second kappa shape index (κ2) is 7.13. The smallest absolute Gasteiger partial charge is 0.0451 e. The highest BCUT2D eigenvalue weighted by Gasteiger charge is 2.21. The SMILES string of the molecule is NCCN(Cc1ccccc1Cl)C1CCCCC1. The van der Waals surface area contributed by atoms with Crippen LogP contribution in [0.2, 0.25) is 5.02 Å². The number of hydrogen-bond acceptors (Lipinski definition) is 2. The van der Waals surface area contributed by atoms with E-state index in [4.69, 9.17) is 17.3 Å². The minimum Gasteiger partial charge on any atom is -0.329 e. The van der Waals surface area contributed by atoms with Crippen molar-refractivity contribution in [3.05, 3.63) is 34.9 Å². The van der Waals surface area contributed by atoms with Crippen LogP contribution in [-0.2, 0) is 6.54 Å². The molecular formula is C15H23ClN2. The molecule has 0 atom stereocenters. The molecule has 0 bridgehead atoms. The summed E-state index contributed by atoms with van der Waals surface area (Å²) in [4.78, 5) is 2.51. The molecule has 0 amide bonds. The van der Waals surface area contributed by atoms with Gasteiger partial charge in [-0.1, -0.05) is 49.1 Å². The first-order chi connectivity index (χ1) is 8.81. The van der Waals surface area contributed by atoms with Crippen LogP contribution in [0.1, 0.15) is 37.7 Å². The van der Waals surface area contributed by atoms with Crippen molar-refractivity contribution in [3.8, 4) is 0 Å². The quantitative estimate of drug-likeness (QED) is 0.885. The van der Waals surface area contributed by atoms with Crippen LogP contribution in [0.25, 0.3) is 0 Å². The Kier molecular flexibility index (Phi) is 5.48. The highest BCUT2D eigenvalue weighted by molar-refractivity contribution is 6.31. The van der Waals surface area contributed by atoms with Gasteiger partial charge in [-0.2, -0.15) is 0 Å². The normalized spacial score (nSPS) is 17.3. The van der Waals surface area contributed by atoms with E-state index in [9.17, 15) is 0 Å². The van der Waals surface area contributed by atoms with Crippen molar-refractivity contribution in [2.75, 3.05) is 13.1 Å². The van der Waals surface area contributed by atoms with E-state index in [1.54, 1.807) is 0 Å². The zero-order valence-corrected chi connectivity index (χ0v) is 11.7. The van der Waals surface area contributed by atoms with Gasteiger partial charge in [0.05, 0.1) is 0 Å². The summed E-state index contributed by atoms with van der Waals surface area (Å²) in [5.41, 5.74) is 6.97. The Hall–Kier alpha value is -0.570. The molecule has 0 radical (unpaired) electrons. The zero-order chi connectivity index (χ0) is 12.8. The van der Waals surface area contributed by atoms with Crippen molar-refractivity contribution >= 4 is 11.6 Å². The number of nitrogens with two attached hydrogens (primary N) is 1. The van der Waals surface area contributed by atoms with Gasteiger partial charge >= 0.3 is 0 Å². The van der Waals surface area contributed by atoms with E-state index in [1.165, 1.54) is 37.7 Å². The van der Waals surface area contributed by atoms with Gasteiger partial charge in [-0.15, -0.1) is 0 Å². The molecular weight excluding hydrogens is 244 g/mol. The maximum atomic E-state index is 6.25. The average molecular weight is 267 g/mol. The number of hydrogen-bond donors (Lipinski definition) is 1. The molecule has 1 aromatic carbocycles. The maximum Gasteiger partial charge on any atom is 0.0451 e. The summed E-state index contributed by atoms with van der Waals surface area (Å²) in [6.07, 6.45) is 6.72. The Labute approximate surface area is 115 Å². The fourth-order valence-corrected chi connectivity index (χ4v) is 3.04. The van der Waals surface area contributed by atoms with Crippen LogP contribution in [0.15, 0.2) is 24.3 Å². The predicted octanol–water partition coefficient (Wildman–Crippen LogP) is 3.43. The molecule has 1 saturated carbocycles. The van der Waals surface area contributed by atoms with Gasteiger partial charge < -0.3 is 5.73 Å².